The Morgan fingerprint density at radius 3 is 2.62 bits per heavy atom. The lowest BCUT2D eigenvalue weighted by Crippen LogP contribution is -2.50. The zero-order valence-corrected chi connectivity index (χ0v) is 19.9. The number of benzene rings is 2. The van der Waals surface area contributed by atoms with Crippen LogP contribution in [0.3, 0.4) is 0 Å². The first-order chi connectivity index (χ1) is 16.6. The largest absolute Gasteiger partial charge is 0.493 e. The average molecular weight is 461 g/mol. The van der Waals surface area contributed by atoms with Crippen LogP contribution >= 0.6 is 0 Å². The molecule has 6 nitrogen and oxygen atoms in total. The minimum absolute atomic E-state index is 0.0518. The Morgan fingerprint density at radius 1 is 1.06 bits per heavy atom. The molecule has 34 heavy (non-hydrogen) atoms. The summed E-state index contributed by atoms with van der Waals surface area (Å²) in [6, 6.07) is 11.4. The maximum absolute atomic E-state index is 13.8. The molecule has 0 saturated heterocycles. The molecule has 1 aliphatic carbocycles. The third kappa shape index (κ3) is 3.95. The van der Waals surface area contributed by atoms with Gasteiger partial charge < -0.3 is 19.7 Å². The fourth-order valence-electron chi connectivity index (χ4n) is 5.72. The first kappa shape index (κ1) is 22.5. The number of allylic oxidation sites excluding steroid dienone is 1. The maximum Gasteiger partial charge on any atom is 0.254 e. The number of hydrogen-bond acceptors (Lipinski definition) is 4. The van der Waals surface area contributed by atoms with Gasteiger partial charge in [0.1, 0.15) is 0 Å². The highest BCUT2D eigenvalue weighted by Crippen LogP contribution is 2.48. The van der Waals surface area contributed by atoms with E-state index in [9.17, 15) is 9.59 Å². The second-order valence-electron chi connectivity index (χ2n) is 9.31. The summed E-state index contributed by atoms with van der Waals surface area (Å²) in [4.78, 5) is 29.3. The molecule has 2 amide bonds. The van der Waals surface area contributed by atoms with Crippen molar-refractivity contribution in [1.29, 1.82) is 0 Å². The Bertz CT molecular complexity index is 1140. The van der Waals surface area contributed by atoms with Gasteiger partial charge in [0, 0.05) is 18.7 Å². The molecule has 0 saturated carbocycles. The quantitative estimate of drug-likeness (QED) is 0.643. The first-order valence-electron chi connectivity index (χ1n) is 12.2. The number of hydrogen-bond donors (Lipinski definition) is 1. The van der Waals surface area contributed by atoms with E-state index in [0.29, 0.717) is 35.7 Å². The van der Waals surface area contributed by atoms with Gasteiger partial charge in [0.2, 0.25) is 5.91 Å². The first-order valence-corrected chi connectivity index (χ1v) is 12.2. The van der Waals surface area contributed by atoms with Gasteiger partial charge in [-0.05, 0) is 67.3 Å². The van der Waals surface area contributed by atoms with Gasteiger partial charge in [-0.2, -0.15) is 0 Å². The number of nitrogens with zero attached hydrogens (tertiary/aromatic N) is 1. The number of rotatable bonds is 6. The summed E-state index contributed by atoms with van der Waals surface area (Å²) in [5.41, 5.74) is 4.91. The van der Waals surface area contributed by atoms with Crippen LogP contribution in [-0.4, -0.2) is 44.0 Å². The van der Waals surface area contributed by atoms with Crippen molar-refractivity contribution < 1.29 is 19.1 Å². The Labute approximate surface area is 200 Å². The normalized spacial score (nSPS) is 21.1. The lowest BCUT2D eigenvalue weighted by molar-refractivity contribution is -0.124. The summed E-state index contributed by atoms with van der Waals surface area (Å²) in [7, 11) is 3.13. The highest BCUT2D eigenvalue weighted by Gasteiger charge is 2.46. The summed E-state index contributed by atoms with van der Waals surface area (Å²) in [6.45, 7) is 1.19. The van der Waals surface area contributed by atoms with Gasteiger partial charge in [0.15, 0.2) is 11.5 Å². The van der Waals surface area contributed by atoms with E-state index in [1.165, 1.54) is 24.0 Å². The van der Waals surface area contributed by atoms with E-state index < -0.39 is 5.92 Å². The van der Waals surface area contributed by atoms with E-state index in [1.807, 2.05) is 23.1 Å². The molecule has 2 aromatic rings. The molecule has 3 aliphatic rings. The topological polar surface area (TPSA) is 67.9 Å². The Kier molecular flexibility index (Phi) is 6.31. The number of carbonyl (C=O) groups is 2. The van der Waals surface area contributed by atoms with Gasteiger partial charge in [-0.15, -0.1) is 0 Å². The lowest BCUT2D eigenvalue weighted by atomic mass is 9.75. The number of amides is 2. The van der Waals surface area contributed by atoms with Crippen molar-refractivity contribution in [2.24, 2.45) is 0 Å². The zero-order valence-electron chi connectivity index (χ0n) is 19.9. The Morgan fingerprint density at radius 2 is 1.85 bits per heavy atom. The lowest BCUT2D eigenvalue weighted by Gasteiger charge is -2.45. The molecule has 0 spiro atoms. The third-order valence-corrected chi connectivity index (χ3v) is 7.44. The summed E-state index contributed by atoms with van der Waals surface area (Å²) in [6.07, 6.45) is 8.72. The van der Waals surface area contributed by atoms with Crippen molar-refractivity contribution in [2.75, 3.05) is 27.3 Å². The number of fused-ring (bicyclic) bond motifs is 4. The van der Waals surface area contributed by atoms with Crippen LogP contribution in [0.15, 0.2) is 48.0 Å². The smallest absolute Gasteiger partial charge is 0.254 e. The summed E-state index contributed by atoms with van der Waals surface area (Å²) >= 11 is 0. The molecule has 2 heterocycles. The van der Waals surface area contributed by atoms with Crippen molar-refractivity contribution in [3.8, 4) is 11.5 Å². The molecule has 2 aliphatic heterocycles. The van der Waals surface area contributed by atoms with Crippen LogP contribution in [0, 0.1) is 0 Å². The van der Waals surface area contributed by atoms with Crippen LogP contribution < -0.4 is 14.8 Å². The zero-order chi connectivity index (χ0) is 23.7. The van der Waals surface area contributed by atoms with E-state index in [4.69, 9.17) is 9.47 Å². The van der Waals surface area contributed by atoms with Crippen molar-refractivity contribution in [2.45, 2.75) is 50.5 Å². The molecular weight excluding hydrogens is 428 g/mol. The molecule has 5 rings (SSSR count). The van der Waals surface area contributed by atoms with Gasteiger partial charge in [-0.3, -0.25) is 9.59 Å². The minimum Gasteiger partial charge on any atom is -0.493 e. The van der Waals surface area contributed by atoms with Gasteiger partial charge >= 0.3 is 0 Å². The molecule has 0 radical (unpaired) electrons. The highest BCUT2D eigenvalue weighted by molar-refractivity contribution is 6.02. The number of nitrogens with one attached hydrogen (secondary N) is 1. The van der Waals surface area contributed by atoms with Crippen LogP contribution in [0.5, 0.6) is 11.5 Å². The van der Waals surface area contributed by atoms with Crippen LogP contribution in [0.4, 0.5) is 0 Å². The number of carbonyl (C=O) groups excluding carboxylic acids is 2. The SMILES string of the molecule is COc1cc2c(cc1OC)[C@H](C(=O)NCCC1=CCCCC1)[C@H]1c3ccccc3CCN1C2=O. The molecule has 2 aromatic carbocycles. The van der Waals surface area contributed by atoms with Crippen molar-refractivity contribution in [3.63, 3.8) is 0 Å². The molecule has 178 valence electrons. The number of methoxy groups -OCH3 is 2. The molecule has 0 fully saturated rings. The van der Waals surface area contributed by atoms with E-state index >= 15 is 0 Å². The predicted octanol–water partition coefficient (Wildman–Crippen LogP) is 4.55. The average Bonchev–Trinajstić information content (AvgIpc) is 2.88. The van der Waals surface area contributed by atoms with E-state index in [1.54, 1.807) is 20.3 Å². The van der Waals surface area contributed by atoms with Gasteiger partial charge in [0.25, 0.3) is 5.91 Å². The molecule has 0 bridgehead atoms. The van der Waals surface area contributed by atoms with Crippen LogP contribution in [0.25, 0.3) is 0 Å². The van der Waals surface area contributed by atoms with Crippen molar-refractivity contribution in [3.05, 3.63) is 70.3 Å². The second kappa shape index (κ2) is 9.53. The van der Waals surface area contributed by atoms with Crippen LogP contribution in [-0.2, 0) is 11.2 Å². The van der Waals surface area contributed by atoms with E-state index in [-0.39, 0.29) is 17.9 Å². The minimum atomic E-state index is -0.519. The summed E-state index contributed by atoms with van der Waals surface area (Å²) in [5.74, 6) is 0.385. The molecule has 2 atom stereocenters. The third-order valence-electron chi connectivity index (χ3n) is 7.44. The van der Waals surface area contributed by atoms with Crippen LogP contribution in [0.1, 0.15) is 71.1 Å². The second-order valence-corrected chi connectivity index (χ2v) is 9.31. The van der Waals surface area contributed by atoms with E-state index in [2.05, 4.69) is 23.5 Å². The standard InChI is InChI=1S/C28H32N2O4/c1-33-23-16-21-22(17-24(23)34-2)28(32)30-15-13-19-10-6-7-11-20(19)26(30)25(21)27(31)29-14-12-18-8-4-3-5-9-18/h6-8,10-11,16-17,25-26H,3-5,9,12-15H2,1-2H3,(H,29,31)/t25-,26+/m0/s1. The van der Waals surface area contributed by atoms with E-state index in [0.717, 1.165) is 31.2 Å². The van der Waals surface area contributed by atoms with Gasteiger partial charge in [0.05, 0.1) is 26.2 Å². The molecule has 1 N–H and O–H groups in total. The molecule has 6 heteroatoms. The summed E-state index contributed by atoms with van der Waals surface area (Å²) < 4.78 is 11.0. The predicted molar refractivity (Wildman–Crippen MR) is 130 cm³/mol. The Hall–Kier alpha value is -3.28. The van der Waals surface area contributed by atoms with Crippen molar-refractivity contribution >= 4 is 11.8 Å². The fourth-order valence-corrected chi connectivity index (χ4v) is 5.72. The molecule has 0 unspecified atom stereocenters. The fraction of sp³-hybridized carbons (Fsp3) is 0.429. The highest BCUT2D eigenvalue weighted by atomic mass is 16.5. The maximum atomic E-state index is 13.8. The Balaban J connectivity index is 1.53. The number of ether oxygens (including phenoxy) is 2. The monoisotopic (exact) mass is 460 g/mol. The molecular formula is C28H32N2O4. The van der Waals surface area contributed by atoms with Crippen LogP contribution in [0.2, 0.25) is 0 Å². The van der Waals surface area contributed by atoms with Crippen molar-refractivity contribution in [1.82, 2.24) is 10.2 Å². The summed E-state index contributed by atoms with van der Waals surface area (Å²) in [5, 5.41) is 3.20. The molecule has 0 aromatic heterocycles. The van der Waals surface area contributed by atoms with Gasteiger partial charge in [-0.1, -0.05) is 35.9 Å². The van der Waals surface area contributed by atoms with Gasteiger partial charge in [-0.25, -0.2) is 0 Å².